The third kappa shape index (κ3) is 1.75. The lowest BCUT2D eigenvalue weighted by atomic mass is 10.1. The summed E-state index contributed by atoms with van der Waals surface area (Å²) in [6, 6.07) is 3.25. The highest BCUT2D eigenvalue weighted by Crippen LogP contribution is 2.28. The molecule has 0 radical (unpaired) electrons. The molecule has 1 heterocycles. The van der Waals surface area contributed by atoms with E-state index in [0.717, 1.165) is 16.9 Å². The highest BCUT2D eigenvalue weighted by Gasteiger charge is 2.20. The topological polar surface area (TPSA) is 17.8 Å². The first kappa shape index (κ1) is 11.6. The van der Waals surface area contributed by atoms with Crippen LogP contribution in [0.2, 0.25) is 0 Å². The molecule has 4 heteroatoms. The van der Waals surface area contributed by atoms with Crippen molar-refractivity contribution < 1.29 is 4.39 Å². The Morgan fingerprint density at radius 3 is 2.50 bits per heavy atom. The van der Waals surface area contributed by atoms with Crippen LogP contribution >= 0.6 is 15.9 Å². The lowest BCUT2D eigenvalue weighted by Gasteiger charge is -2.23. The second-order valence-corrected chi connectivity index (χ2v) is 5.77. The Morgan fingerprint density at radius 2 is 1.94 bits per heavy atom. The lowest BCUT2D eigenvalue weighted by Crippen LogP contribution is -2.22. The second kappa shape index (κ2) is 3.55. The molecule has 0 amide bonds. The van der Waals surface area contributed by atoms with Gasteiger partial charge in [0, 0.05) is 11.6 Å². The minimum Gasteiger partial charge on any atom is -0.323 e. The van der Waals surface area contributed by atoms with E-state index in [0.29, 0.717) is 4.47 Å². The molecular formula is C12H14BrFN2. The molecule has 2 rings (SSSR count). The quantitative estimate of drug-likeness (QED) is 0.715. The molecule has 1 aromatic carbocycles. The van der Waals surface area contributed by atoms with Crippen molar-refractivity contribution in [3.8, 4) is 0 Å². The van der Waals surface area contributed by atoms with Gasteiger partial charge in [-0.2, -0.15) is 0 Å². The normalized spacial score (nSPS) is 12.4. The minimum atomic E-state index is -0.252. The summed E-state index contributed by atoms with van der Waals surface area (Å²) in [5.41, 5.74) is 1.56. The van der Waals surface area contributed by atoms with Gasteiger partial charge in [-0.25, -0.2) is 9.37 Å². The predicted octanol–water partition coefficient (Wildman–Crippen LogP) is 4.00. The number of rotatable bonds is 0. The average Bonchev–Trinajstić information content (AvgIpc) is 2.40. The average molecular weight is 285 g/mol. The molecule has 0 saturated carbocycles. The van der Waals surface area contributed by atoms with Crippen LogP contribution in [0.25, 0.3) is 11.0 Å². The molecule has 0 bridgehead atoms. The van der Waals surface area contributed by atoms with Crippen molar-refractivity contribution in [3.05, 3.63) is 28.2 Å². The molecule has 16 heavy (non-hydrogen) atoms. The van der Waals surface area contributed by atoms with Crippen molar-refractivity contribution >= 4 is 27.0 Å². The van der Waals surface area contributed by atoms with Crippen molar-refractivity contribution in [2.24, 2.45) is 0 Å². The van der Waals surface area contributed by atoms with E-state index in [1.807, 2.05) is 6.92 Å². The number of hydrogen-bond donors (Lipinski definition) is 0. The third-order valence-corrected chi connectivity index (χ3v) is 3.14. The first-order valence-corrected chi connectivity index (χ1v) is 5.94. The Kier molecular flexibility index (Phi) is 2.57. The maximum Gasteiger partial charge on any atom is 0.139 e. The second-order valence-electron chi connectivity index (χ2n) is 4.92. The van der Waals surface area contributed by atoms with Gasteiger partial charge in [-0.15, -0.1) is 0 Å². The van der Waals surface area contributed by atoms with E-state index < -0.39 is 0 Å². The van der Waals surface area contributed by atoms with Crippen molar-refractivity contribution in [3.63, 3.8) is 0 Å². The van der Waals surface area contributed by atoms with Gasteiger partial charge in [0.15, 0.2) is 0 Å². The highest BCUT2D eigenvalue weighted by atomic mass is 79.9. The van der Waals surface area contributed by atoms with Crippen LogP contribution in [-0.2, 0) is 5.54 Å². The van der Waals surface area contributed by atoms with Crippen LogP contribution in [0.1, 0.15) is 26.6 Å². The van der Waals surface area contributed by atoms with Gasteiger partial charge in [-0.3, -0.25) is 0 Å². The molecule has 0 aliphatic heterocycles. The largest absolute Gasteiger partial charge is 0.323 e. The van der Waals surface area contributed by atoms with E-state index in [1.54, 1.807) is 6.07 Å². The Labute approximate surface area is 103 Å². The van der Waals surface area contributed by atoms with Crippen LogP contribution in [0, 0.1) is 12.7 Å². The highest BCUT2D eigenvalue weighted by molar-refractivity contribution is 9.10. The standard InChI is InChI=1S/C12H14BrFN2/c1-7-15-10-5-8(13)9(14)6-11(10)16(7)12(2,3)4/h5-6H,1-4H3. The summed E-state index contributed by atoms with van der Waals surface area (Å²) in [6.07, 6.45) is 0. The summed E-state index contributed by atoms with van der Waals surface area (Å²) in [5, 5.41) is 0. The molecular weight excluding hydrogens is 271 g/mol. The molecule has 86 valence electrons. The molecule has 0 atom stereocenters. The Morgan fingerprint density at radius 1 is 1.31 bits per heavy atom. The molecule has 0 aliphatic rings. The SMILES string of the molecule is Cc1nc2cc(Br)c(F)cc2n1C(C)(C)C. The number of halogens is 2. The Bertz CT molecular complexity index is 552. The molecule has 0 unspecified atom stereocenters. The van der Waals surface area contributed by atoms with Gasteiger partial charge >= 0.3 is 0 Å². The van der Waals surface area contributed by atoms with Crippen LogP contribution in [0.4, 0.5) is 4.39 Å². The van der Waals surface area contributed by atoms with Crippen LogP contribution in [-0.4, -0.2) is 9.55 Å². The van der Waals surface area contributed by atoms with Gasteiger partial charge in [-0.1, -0.05) is 0 Å². The van der Waals surface area contributed by atoms with Gasteiger partial charge < -0.3 is 4.57 Å². The fourth-order valence-corrected chi connectivity index (χ4v) is 2.37. The summed E-state index contributed by atoms with van der Waals surface area (Å²) in [4.78, 5) is 4.45. The zero-order valence-electron chi connectivity index (χ0n) is 9.81. The smallest absolute Gasteiger partial charge is 0.139 e. The summed E-state index contributed by atoms with van der Waals surface area (Å²) in [5.74, 6) is 0.651. The van der Waals surface area contributed by atoms with Gasteiger partial charge in [0.05, 0.1) is 15.5 Å². The Balaban J connectivity index is 2.84. The number of nitrogens with zero attached hydrogens (tertiary/aromatic N) is 2. The lowest BCUT2D eigenvalue weighted by molar-refractivity contribution is 0.399. The van der Waals surface area contributed by atoms with Crippen LogP contribution < -0.4 is 0 Å². The monoisotopic (exact) mass is 284 g/mol. The fraction of sp³-hybridized carbons (Fsp3) is 0.417. The maximum atomic E-state index is 13.5. The number of hydrogen-bond acceptors (Lipinski definition) is 1. The molecule has 0 fully saturated rings. The number of benzene rings is 1. The van der Waals surface area contributed by atoms with E-state index >= 15 is 0 Å². The van der Waals surface area contributed by atoms with Crippen molar-refractivity contribution in [1.29, 1.82) is 0 Å². The molecule has 1 aromatic heterocycles. The van der Waals surface area contributed by atoms with Crippen LogP contribution in [0.5, 0.6) is 0 Å². The number of imidazole rings is 1. The van der Waals surface area contributed by atoms with Crippen LogP contribution in [0.15, 0.2) is 16.6 Å². The molecule has 2 nitrogen and oxygen atoms in total. The molecule has 2 aromatic rings. The summed E-state index contributed by atoms with van der Waals surface area (Å²) in [6.45, 7) is 8.19. The molecule has 0 N–H and O–H groups in total. The first-order chi connectivity index (χ1) is 7.30. The number of fused-ring (bicyclic) bond motifs is 1. The molecule has 0 aliphatic carbocycles. The van der Waals surface area contributed by atoms with E-state index in [-0.39, 0.29) is 11.4 Å². The fourth-order valence-electron chi connectivity index (χ4n) is 2.04. The zero-order chi connectivity index (χ0) is 12.1. The number of aromatic nitrogens is 2. The van der Waals surface area contributed by atoms with Crippen molar-refractivity contribution in [2.45, 2.75) is 33.2 Å². The van der Waals surface area contributed by atoms with Crippen molar-refractivity contribution in [2.75, 3.05) is 0 Å². The van der Waals surface area contributed by atoms with Gasteiger partial charge in [0.25, 0.3) is 0 Å². The van der Waals surface area contributed by atoms with Gasteiger partial charge in [0.1, 0.15) is 11.6 Å². The van der Waals surface area contributed by atoms with E-state index in [1.165, 1.54) is 6.07 Å². The third-order valence-electron chi connectivity index (χ3n) is 2.54. The summed E-state index contributed by atoms with van der Waals surface area (Å²) in [7, 11) is 0. The number of aryl methyl sites for hydroxylation is 1. The van der Waals surface area contributed by atoms with Gasteiger partial charge in [-0.05, 0) is 49.7 Å². The van der Waals surface area contributed by atoms with E-state index in [9.17, 15) is 4.39 Å². The predicted molar refractivity (Wildman–Crippen MR) is 67.1 cm³/mol. The van der Waals surface area contributed by atoms with Gasteiger partial charge in [0.2, 0.25) is 0 Å². The Hall–Kier alpha value is -0.900. The molecule has 0 spiro atoms. The summed E-state index contributed by atoms with van der Waals surface area (Å²) >= 11 is 3.18. The minimum absolute atomic E-state index is 0.0981. The first-order valence-electron chi connectivity index (χ1n) is 5.15. The zero-order valence-corrected chi connectivity index (χ0v) is 11.4. The molecule has 0 saturated heterocycles. The van der Waals surface area contributed by atoms with E-state index in [2.05, 4.69) is 46.3 Å². The summed E-state index contributed by atoms with van der Waals surface area (Å²) < 4.78 is 16.0. The van der Waals surface area contributed by atoms with Crippen LogP contribution in [0.3, 0.4) is 0 Å². The van der Waals surface area contributed by atoms with Crippen molar-refractivity contribution in [1.82, 2.24) is 9.55 Å². The van der Waals surface area contributed by atoms with E-state index in [4.69, 9.17) is 0 Å². The maximum absolute atomic E-state index is 13.5.